The Morgan fingerprint density at radius 1 is 1.03 bits per heavy atom. The molecule has 39 heavy (non-hydrogen) atoms. The van der Waals surface area contributed by atoms with E-state index in [1.54, 1.807) is 30.3 Å². The van der Waals surface area contributed by atoms with E-state index >= 15 is 0 Å². The van der Waals surface area contributed by atoms with E-state index in [4.69, 9.17) is 11.5 Å². The lowest BCUT2D eigenvalue weighted by atomic mass is 9.52. The van der Waals surface area contributed by atoms with Crippen LogP contribution in [0.1, 0.15) is 32.7 Å². The van der Waals surface area contributed by atoms with E-state index in [9.17, 15) is 39.0 Å². The minimum atomic E-state index is -2.78. The summed E-state index contributed by atoms with van der Waals surface area (Å²) in [6.45, 7) is 0. The van der Waals surface area contributed by atoms with Crippen LogP contribution in [-0.2, 0) is 25.6 Å². The van der Waals surface area contributed by atoms with Crippen molar-refractivity contribution in [2.45, 2.75) is 24.5 Å². The van der Waals surface area contributed by atoms with Gasteiger partial charge in [0, 0.05) is 11.5 Å². The van der Waals surface area contributed by atoms with Crippen LogP contribution < -0.4 is 11.5 Å². The third-order valence-electron chi connectivity index (χ3n) is 8.40. The number of rotatable bonds is 4. The highest BCUT2D eigenvalue weighted by Gasteiger charge is 2.69. The Balaban J connectivity index is 1.66. The maximum absolute atomic E-state index is 13.9. The Morgan fingerprint density at radius 3 is 2.33 bits per heavy atom. The maximum atomic E-state index is 13.9. The van der Waals surface area contributed by atoms with Gasteiger partial charge in [0.05, 0.1) is 17.5 Å². The van der Waals surface area contributed by atoms with Crippen molar-refractivity contribution in [3.63, 3.8) is 0 Å². The summed E-state index contributed by atoms with van der Waals surface area (Å²) in [5.41, 5.74) is 9.64. The SMILES string of the molecule is CN(C)[C@H]1C(=O)C(C(N)=O)C(=O)[C@@]2(O)C(=O)C3C(=O)c4c(O)ccc(-c5cccc(C(N)=O)c5)c4C[C@H]3C[C@@H]12. The molecule has 2 fully saturated rings. The highest BCUT2D eigenvalue weighted by molar-refractivity contribution is 6.32. The zero-order valence-electron chi connectivity index (χ0n) is 21.2. The molecular weight excluding hydrogens is 506 g/mol. The molecule has 3 aliphatic carbocycles. The zero-order chi connectivity index (χ0) is 28.5. The van der Waals surface area contributed by atoms with Crippen LogP contribution in [0.2, 0.25) is 0 Å². The summed E-state index contributed by atoms with van der Waals surface area (Å²) in [5.74, 6) is -11.7. The summed E-state index contributed by atoms with van der Waals surface area (Å²) in [5, 5.41) is 22.3. The molecule has 0 aromatic heterocycles. The van der Waals surface area contributed by atoms with E-state index < -0.39 is 70.3 Å². The number of phenolic OH excluding ortho intramolecular Hbond substituents is 1. The molecule has 2 aromatic carbocycles. The number of hydrogen-bond acceptors (Lipinski definition) is 9. The number of fused-ring (bicyclic) bond motifs is 3. The number of benzene rings is 2. The molecule has 0 spiro atoms. The number of amides is 2. The first kappa shape index (κ1) is 26.4. The number of primary amides is 2. The van der Waals surface area contributed by atoms with Crippen molar-refractivity contribution < 1.29 is 39.0 Å². The predicted molar refractivity (Wildman–Crippen MR) is 135 cm³/mol. The third kappa shape index (κ3) is 3.64. The second-order valence-electron chi connectivity index (χ2n) is 10.7. The van der Waals surface area contributed by atoms with Crippen molar-refractivity contribution >= 4 is 34.9 Å². The van der Waals surface area contributed by atoms with Crippen LogP contribution >= 0.6 is 0 Å². The van der Waals surface area contributed by atoms with Crippen LogP contribution in [0.4, 0.5) is 0 Å². The fourth-order valence-electron chi connectivity index (χ4n) is 6.72. The van der Waals surface area contributed by atoms with E-state index in [1.807, 2.05) is 0 Å². The van der Waals surface area contributed by atoms with Crippen LogP contribution in [0, 0.1) is 23.7 Å². The number of aromatic hydroxyl groups is 1. The third-order valence-corrected chi connectivity index (χ3v) is 8.40. The number of phenols is 1. The molecule has 0 heterocycles. The Hall–Kier alpha value is -4.22. The molecular formula is C28H27N3O8. The maximum Gasteiger partial charge on any atom is 0.248 e. The quantitative estimate of drug-likeness (QED) is 0.379. The van der Waals surface area contributed by atoms with Gasteiger partial charge in [-0.05, 0) is 67.7 Å². The van der Waals surface area contributed by atoms with Gasteiger partial charge < -0.3 is 21.7 Å². The van der Waals surface area contributed by atoms with Gasteiger partial charge >= 0.3 is 0 Å². The molecule has 3 aliphatic rings. The van der Waals surface area contributed by atoms with Crippen LogP contribution in [0.5, 0.6) is 5.75 Å². The fourth-order valence-corrected chi connectivity index (χ4v) is 6.72. The molecule has 5 rings (SSSR count). The van der Waals surface area contributed by atoms with Crippen molar-refractivity contribution in [3.8, 4) is 16.9 Å². The highest BCUT2D eigenvalue weighted by atomic mass is 16.3. The van der Waals surface area contributed by atoms with Gasteiger partial charge in [0.1, 0.15) is 5.75 Å². The molecule has 0 bridgehead atoms. The summed E-state index contributed by atoms with van der Waals surface area (Å²) >= 11 is 0. The lowest BCUT2D eigenvalue weighted by Crippen LogP contribution is -2.74. The smallest absolute Gasteiger partial charge is 0.248 e. The Morgan fingerprint density at radius 2 is 1.72 bits per heavy atom. The van der Waals surface area contributed by atoms with E-state index in [2.05, 4.69) is 0 Å². The molecule has 0 saturated heterocycles. The highest BCUT2D eigenvalue weighted by Crippen LogP contribution is 2.51. The Bertz CT molecular complexity index is 1500. The van der Waals surface area contributed by atoms with Crippen molar-refractivity contribution in [3.05, 3.63) is 53.1 Å². The topological polar surface area (TPSA) is 198 Å². The van der Waals surface area contributed by atoms with Gasteiger partial charge in [-0.3, -0.25) is 33.7 Å². The molecule has 2 unspecified atom stereocenters. The number of carbonyl (C=O) groups is 6. The molecule has 2 aromatic rings. The van der Waals surface area contributed by atoms with Gasteiger partial charge in [0.25, 0.3) is 0 Å². The van der Waals surface area contributed by atoms with Crippen molar-refractivity contribution in [2.24, 2.45) is 35.1 Å². The molecule has 2 saturated carbocycles. The van der Waals surface area contributed by atoms with Crippen LogP contribution in [0.25, 0.3) is 11.1 Å². The minimum absolute atomic E-state index is 0.0552. The number of likely N-dealkylation sites (N-methyl/N-ethyl adjacent to an activating group) is 1. The molecule has 6 N–H and O–H groups in total. The molecule has 0 radical (unpaired) electrons. The van der Waals surface area contributed by atoms with Gasteiger partial charge in [0.15, 0.2) is 34.7 Å². The Labute approximate surface area is 222 Å². The average molecular weight is 534 g/mol. The molecule has 11 nitrogen and oxygen atoms in total. The van der Waals surface area contributed by atoms with Crippen molar-refractivity contribution in [1.82, 2.24) is 4.90 Å². The lowest BCUT2D eigenvalue weighted by molar-refractivity contribution is -0.181. The van der Waals surface area contributed by atoms with Crippen LogP contribution in [0.15, 0.2) is 36.4 Å². The number of hydrogen-bond donors (Lipinski definition) is 4. The number of ketones is 4. The largest absolute Gasteiger partial charge is 0.507 e. The first-order valence-electron chi connectivity index (χ1n) is 12.4. The summed E-state index contributed by atoms with van der Waals surface area (Å²) < 4.78 is 0. The second-order valence-corrected chi connectivity index (χ2v) is 10.7. The van der Waals surface area contributed by atoms with Gasteiger partial charge in [0.2, 0.25) is 11.8 Å². The lowest BCUT2D eigenvalue weighted by Gasteiger charge is -2.52. The van der Waals surface area contributed by atoms with Gasteiger partial charge in [-0.15, -0.1) is 0 Å². The van der Waals surface area contributed by atoms with Crippen molar-refractivity contribution in [1.29, 1.82) is 0 Å². The summed E-state index contributed by atoms with van der Waals surface area (Å²) in [6.07, 6.45) is 0.0523. The van der Waals surface area contributed by atoms with Crippen molar-refractivity contribution in [2.75, 3.05) is 14.1 Å². The first-order chi connectivity index (χ1) is 18.3. The summed E-state index contributed by atoms with van der Waals surface area (Å²) in [7, 11) is 3.05. The average Bonchev–Trinajstić information content (AvgIpc) is 2.86. The zero-order valence-corrected chi connectivity index (χ0v) is 21.2. The minimum Gasteiger partial charge on any atom is -0.507 e. The van der Waals surface area contributed by atoms with E-state index in [-0.39, 0.29) is 29.7 Å². The number of aliphatic hydroxyl groups is 1. The molecule has 11 heteroatoms. The second kappa shape index (κ2) is 8.92. The van der Waals surface area contributed by atoms with Crippen LogP contribution in [0.3, 0.4) is 0 Å². The van der Waals surface area contributed by atoms with Gasteiger partial charge in [-0.2, -0.15) is 0 Å². The Kier molecular flexibility index (Phi) is 6.04. The fraction of sp³-hybridized carbons (Fsp3) is 0.357. The number of carbonyl (C=O) groups excluding carboxylic acids is 6. The van der Waals surface area contributed by atoms with Gasteiger partial charge in [-0.1, -0.05) is 18.2 Å². The number of nitrogens with zero attached hydrogens (tertiary/aromatic N) is 1. The monoisotopic (exact) mass is 533 g/mol. The first-order valence-corrected chi connectivity index (χ1v) is 12.4. The molecule has 0 aliphatic heterocycles. The normalized spacial score (nSPS) is 30.0. The van der Waals surface area contributed by atoms with Gasteiger partial charge in [-0.25, -0.2) is 0 Å². The van der Waals surface area contributed by atoms with Crippen LogP contribution in [-0.4, -0.2) is 75.8 Å². The van der Waals surface area contributed by atoms with E-state index in [1.165, 1.54) is 25.1 Å². The number of Topliss-reactive ketones (excluding diaryl/α,β-unsaturated/α-hetero) is 4. The standard InChI is InChI=1S/C28H27N3O8/c1-31(2)21-16-10-13-9-15-14(11-4-3-5-12(8-11)26(29)37)6-7-17(32)19(15)22(33)18(13)24(35)28(16,39)25(36)20(23(21)34)27(30)38/h3-8,13,16,18,20-21,32,39H,9-10H2,1-2H3,(H2,29,37)(H2,30,38)/t13-,16-,18?,20?,21+,28-/m0/s1. The van der Waals surface area contributed by atoms with E-state index in [0.717, 1.165) is 0 Å². The molecule has 202 valence electrons. The summed E-state index contributed by atoms with van der Waals surface area (Å²) in [4.78, 5) is 79.4. The predicted octanol–water partition coefficient (Wildman–Crippen LogP) is -0.367. The summed E-state index contributed by atoms with van der Waals surface area (Å²) in [6, 6.07) is 8.15. The molecule has 6 atom stereocenters. The van der Waals surface area contributed by atoms with E-state index in [0.29, 0.717) is 16.7 Å². The molecule has 2 amide bonds. The number of nitrogens with two attached hydrogens (primary N) is 2.